The molecule has 43 heavy (non-hydrogen) atoms. The monoisotopic (exact) mass is 599 g/mol. The Bertz CT molecular complexity index is 1310. The number of nitrogens with zero attached hydrogens (tertiary/aromatic N) is 3. The Morgan fingerprint density at radius 2 is 1.72 bits per heavy atom. The highest BCUT2D eigenvalue weighted by Crippen LogP contribution is 2.71. The highest BCUT2D eigenvalue weighted by Gasteiger charge is 2.69. The van der Waals surface area contributed by atoms with Crippen molar-refractivity contribution < 1.29 is 0 Å². The second-order valence-corrected chi connectivity index (χ2v) is 16.9. The van der Waals surface area contributed by atoms with Crippen LogP contribution in [-0.2, 0) is 0 Å². The predicted molar refractivity (Wildman–Crippen MR) is 182 cm³/mol. The van der Waals surface area contributed by atoms with E-state index >= 15 is 0 Å². The Labute approximate surface area is 266 Å². The quantitative estimate of drug-likeness (QED) is 0.299. The van der Waals surface area contributed by atoms with Crippen molar-refractivity contribution in [2.75, 3.05) is 0 Å². The number of aliphatic imine (C=N–C) groups is 2. The molecule has 0 bridgehead atoms. The van der Waals surface area contributed by atoms with Crippen molar-refractivity contribution in [3.63, 3.8) is 0 Å². The van der Waals surface area contributed by atoms with Crippen LogP contribution in [0, 0.1) is 52.3 Å². The molecule has 2 aliphatic heterocycles. The molecule has 1 spiro atoms. The van der Waals surface area contributed by atoms with E-state index in [0.29, 0.717) is 17.3 Å². The van der Waals surface area contributed by atoms with Gasteiger partial charge in [-0.15, -0.1) is 11.6 Å². The number of para-hydroxylation sites is 1. The standard InChI is InChI=1S/C39H54ClN3/c1-26(2)12-11-13-27(3)31-17-18-32-30-25-39(34-24-28(40)19-21-38(34,5)33(30)20-22-37(31,32)4)36(41-29-14-7-6-8-15-29)43-23-10-9-16-35(43)42-39/h6-10,14-16,23,26-28,30-34H,11-13,17-22,24-25H2,1-5H3/t27-,28+,30?,31+,32?,33?,34?,37-,38-,39-/m1/s1. The lowest BCUT2D eigenvalue weighted by atomic mass is 9.41. The van der Waals surface area contributed by atoms with Crippen LogP contribution in [0.25, 0.3) is 0 Å². The van der Waals surface area contributed by atoms with Gasteiger partial charge in [-0.25, -0.2) is 4.99 Å². The number of benzene rings is 1. The van der Waals surface area contributed by atoms with E-state index < -0.39 is 0 Å². The fourth-order valence-electron chi connectivity index (χ4n) is 11.7. The van der Waals surface area contributed by atoms with Gasteiger partial charge in [0.1, 0.15) is 17.2 Å². The first-order valence-corrected chi connectivity index (χ1v) is 18.1. The Kier molecular flexibility index (Phi) is 7.75. The minimum Gasteiger partial charge on any atom is -0.288 e. The average molecular weight is 600 g/mol. The van der Waals surface area contributed by atoms with Crippen LogP contribution in [0.15, 0.2) is 64.7 Å². The lowest BCUT2D eigenvalue weighted by molar-refractivity contribution is -0.130. The van der Waals surface area contributed by atoms with Gasteiger partial charge < -0.3 is 0 Å². The molecule has 1 aromatic carbocycles. The minimum absolute atomic E-state index is 0.227. The van der Waals surface area contributed by atoms with E-state index in [1.807, 2.05) is 0 Å². The zero-order valence-corrected chi connectivity index (χ0v) is 28.1. The van der Waals surface area contributed by atoms with Gasteiger partial charge in [0.2, 0.25) is 0 Å². The van der Waals surface area contributed by atoms with Crippen LogP contribution in [0.1, 0.15) is 105 Å². The summed E-state index contributed by atoms with van der Waals surface area (Å²) in [6, 6.07) is 10.6. The molecular weight excluding hydrogens is 546 g/mol. The third-order valence-electron chi connectivity index (χ3n) is 13.7. The first-order valence-electron chi connectivity index (χ1n) is 17.7. The minimum atomic E-state index is -0.326. The summed E-state index contributed by atoms with van der Waals surface area (Å²) in [4.78, 5) is 13.6. The molecule has 6 aliphatic rings. The molecule has 10 atom stereocenters. The van der Waals surface area contributed by atoms with Crippen LogP contribution in [0.4, 0.5) is 5.69 Å². The van der Waals surface area contributed by atoms with E-state index in [1.54, 1.807) is 0 Å². The number of fused-ring (bicyclic) bond motifs is 7. The Morgan fingerprint density at radius 3 is 2.51 bits per heavy atom. The number of halogens is 1. The van der Waals surface area contributed by atoms with Gasteiger partial charge in [0, 0.05) is 11.6 Å². The van der Waals surface area contributed by atoms with Gasteiger partial charge in [-0.3, -0.25) is 9.89 Å². The van der Waals surface area contributed by atoms with Crippen molar-refractivity contribution in [1.82, 2.24) is 4.90 Å². The van der Waals surface area contributed by atoms with Crippen LogP contribution in [0.2, 0.25) is 0 Å². The van der Waals surface area contributed by atoms with Crippen LogP contribution >= 0.6 is 11.6 Å². The van der Waals surface area contributed by atoms with E-state index in [2.05, 4.69) is 94.3 Å². The molecule has 7 rings (SSSR count). The average Bonchev–Trinajstić information content (AvgIpc) is 3.49. The number of hydrogen-bond donors (Lipinski definition) is 0. The first-order chi connectivity index (χ1) is 20.7. The molecule has 0 N–H and O–H groups in total. The number of hydrogen-bond acceptors (Lipinski definition) is 2. The lowest BCUT2D eigenvalue weighted by Crippen LogP contribution is -2.64. The fraction of sp³-hybridized carbons (Fsp3) is 0.692. The zero-order chi connectivity index (χ0) is 30.0. The van der Waals surface area contributed by atoms with E-state index in [4.69, 9.17) is 21.6 Å². The smallest absolute Gasteiger partial charge is 0.143 e. The summed E-state index contributed by atoms with van der Waals surface area (Å²) >= 11 is 7.09. The van der Waals surface area contributed by atoms with Gasteiger partial charge in [0.15, 0.2) is 0 Å². The van der Waals surface area contributed by atoms with E-state index in [9.17, 15) is 0 Å². The Hall–Kier alpha value is -1.87. The molecular formula is C39H54ClN3. The summed E-state index contributed by atoms with van der Waals surface area (Å²) in [7, 11) is 0. The Balaban J connectivity index is 1.30. The second kappa shape index (κ2) is 11.2. The molecule has 4 saturated carbocycles. The third kappa shape index (κ3) is 4.81. The maximum Gasteiger partial charge on any atom is 0.143 e. The van der Waals surface area contributed by atoms with E-state index in [0.717, 1.165) is 66.2 Å². The molecule has 4 fully saturated rings. The van der Waals surface area contributed by atoms with Gasteiger partial charge in [-0.2, -0.15) is 0 Å². The van der Waals surface area contributed by atoms with Gasteiger partial charge in [0.25, 0.3) is 0 Å². The third-order valence-corrected chi connectivity index (χ3v) is 14.0. The lowest BCUT2D eigenvalue weighted by Gasteiger charge is -2.65. The summed E-state index contributed by atoms with van der Waals surface area (Å²) in [6.07, 6.45) is 23.0. The summed E-state index contributed by atoms with van der Waals surface area (Å²) in [5.74, 6) is 7.37. The van der Waals surface area contributed by atoms with Crippen molar-refractivity contribution in [1.29, 1.82) is 0 Å². The highest BCUT2D eigenvalue weighted by molar-refractivity contribution is 6.21. The van der Waals surface area contributed by atoms with Crippen molar-refractivity contribution >= 4 is 29.0 Å². The van der Waals surface area contributed by atoms with Crippen molar-refractivity contribution in [3.05, 3.63) is 54.8 Å². The van der Waals surface area contributed by atoms with Gasteiger partial charge in [0.05, 0.1) is 5.69 Å². The molecule has 0 aromatic heterocycles. The molecule has 4 heteroatoms. The van der Waals surface area contributed by atoms with E-state index in [1.165, 1.54) is 51.4 Å². The van der Waals surface area contributed by atoms with Crippen LogP contribution in [0.5, 0.6) is 0 Å². The molecule has 4 unspecified atom stereocenters. The Morgan fingerprint density at radius 1 is 0.953 bits per heavy atom. The summed E-state index contributed by atoms with van der Waals surface area (Å²) in [6.45, 7) is 12.7. The van der Waals surface area contributed by atoms with Crippen molar-refractivity contribution in [2.45, 2.75) is 116 Å². The van der Waals surface area contributed by atoms with Crippen LogP contribution in [0.3, 0.4) is 0 Å². The predicted octanol–water partition coefficient (Wildman–Crippen LogP) is 10.6. The molecule has 4 aliphatic carbocycles. The highest BCUT2D eigenvalue weighted by atomic mass is 35.5. The molecule has 3 nitrogen and oxygen atoms in total. The zero-order valence-electron chi connectivity index (χ0n) is 27.3. The molecule has 0 radical (unpaired) electrons. The van der Waals surface area contributed by atoms with Gasteiger partial charge in [-0.05, 0) is 128 Å². The van der Waals surface area contributed by atoms with Gasteiger partial charge >= 0.3 is 0 Å². The first kappa shape index (κ1) is 29.8. The van der Waals surface area contributed by atoms with Crippen molar-refractivity contribution in [3.8, 4) is 0 Å². The maximum atomic E-state index is 7.09. The fourth-order valence-corrected chi connectivity index (χ4v) is 12.0. The SMILES string of the molecule is CC(C)CCC[C@@H](C)[C@@H]1CCC2C3C[C@@]4(N=C5C=CC=CN5C4=Nc4ccccc4)C4C[C@@H](Cl)CC[C@]4(C)C3CC[C@@]21C. The van der Waals surface area contributed by atoms with E-state index in [-0.39, 0.29) is 16.3 Å². The molecule has 232 valence electrons. The second-order valence-electron chi connectivity index (χ2n) is 16.3. The summed E-state index contributed by atoms with van der Waals surface area (Å²) in [5.41, 5.74) is 1.39. The molecule has 0 amide bonds. The largest absolute Gasteiger partial charge is 0.288 e. The summed E-state index contributed by atoms with van der Waals surface area (Å²) < 4.78 is 0. The summed E-state index contributed by atoms with van der Waals surface area (Å²) in [5, 5.41) is 0.227. The topological polar surface area (TPSA) is 28.0 Å². The van der Waals surface area contributed by atoms with Gasteiger partial charge in [-0.1, -0.05) is 78.2 Å². The number of alkyl halides is 1. The van der Waals surface area contributed by atoms with Crippen LogP contribution in [-0.4, -0.2) is 27.5 Å². The number of amidine groups is 2. The van der Waals surface area contributed by atoms with Crippen molar-refractivity contribution in [2.24, 2.45) is 62.2 Å². The molecule has 1 aromatic rings. The maximum absolute atomic E-state index is 7.09. The molecule has 0 saturated heterocycles. The normalized spacial score (nSPS) is 43.0. The number of rotatable bonds is 6. The number of allylic oxidation sites excluding steroid dienone is 2. The molecule has 2 heterocycles. The van der Waals surface area contributed by atoms with Crippen LogP contribution < -0.4 is 0 Å².